The van der Waals surface area contributed by atoms with Gasteiger partial charge in [0.2, 0.25) is 5.91 Å². The lowest BCUT2D eigenvalue weighted by Gasteiger charge is -2.10. The molecule has 0 fully saturated rings. The Morgan fingerprint density at radius 2 is 1.72 bits per heavy atom. The number of hydrazone groups is 1. The highest BCUT2D eigenvalue weighted by atomic mass is 16.2. The monoisotopic (exact) mass is 388 g/mol. The van der Waals surface area contributed by atoms with Gasteiger partial charge in [-0.15, -0.1) is 0 Å². The van der Waals surface area contributed by atoms with Crippen LogP contribution in [0.3, 0.4) is 0 Å². The Kier molecular flexibility index (Phi) is 5.93. The van der Waals surface area contributed by atoms with Crippen molar-refractivity contribution in [2.24, 2.45) is 5.10 Å². The largest absolute Gasteiger partial charge is 0.326 e. The number of carbonyl (C=O) groups is 2. The van der Waals surface area contributed by atoms with Crippen molar-refractivity contribution in [1.29, 1.82) is 0 Å². The molecule has 3 aromatic rings. The molecule has 148 valence electrons. The van der Waals surface area contributed by atoms with Crippen molar-refractivity contribution in [2.45, 2.75) is 27.7 Å². The average Bonchev–Trinajstić information content (AvgIpc) is 2.95. The summed E-state index contributed by atoms with van der Waals surface area (Å²) in [5.41, 5.74) is 9.02. The van der Waals surface area contributed by atoms with E-state index in [1.54, 1.807) is 30.5 Å². The smallest absolute Gasteiger partial charge is 0.271 e. The second-order valence-electron chi connectivity index (χ2n) is 6.96. The number of aromatic nitrogens is 1. The van der Waals surface area contributed by atoms with E-state index in [0.29, 0.717) is 11.3 Å². The first-order chi connectivity index (χ1) is 13.8. The van der Waals surface area contributed by atoms with E-state index in [1.165, 1.54) is 12.5 Å². The third kappa shape index (κ3) is 4.79. The molecule has 1 heterocycles. The van der Waals surface area contributed by atoms with Gasteiger partial charge in [0.15, 0.2) is 0 Å². The normalized spacial score (nSPS) is 10.9. The number of carbonyl (C=O) groups excluding carboxylic acids is 2. The molecule has 0 aliphatic rings. The van der Waals surface area contributed by atoms with Gasteiger partial charge < -0.3 is 9.88 Å². The Balaban J connectivity index is 1.71. The summed E-state index contributed by atoms with van der Waals surface area (Å²) in [6.07, 6.45) is 1.65. The van der Waals surface area contributed by atoms with Gasteiger partial charge in [-0.25, -0.2) is 5.43 Å². The maximum atomic E-state index is 12.3. The standard InChI is InChI=1S/C23H24N4O2/c1-15-6-5-7-22(12-15)27-16(2)13-20(17(27)3)14-24-26-23(29)19-8-10-21(11-9-19)25-18(4)28/h5-14H,1-4H3,(H,25,28)(H,26,29)/b24-14+. The molecule has 2 amide bonds. The van der Waals surface area contributed by atoms with Crippen LogP contribution in [0.5, 0.6) is 0 Å². The van der Waals surface area contributed by atoms with Crippen molar-refractivity contribution in [3.8, 4) is 5.69 Å². The fraction of sp³-hybridized carbons (Fsp3) is 0.174. The highest BCUT2D eigenvalue weighted by molar-refractivity contribution is 5.96. The maximum absolute atomic E-state index is 12.3. The molecule has 6 heteroatoms. The minimum absolute atomic E-state index is 0.157. The van der Waals surface area contributed by atoms with Crippen LogP contribution in [0.25, 0.3) is 5.69 Å². The Morgan fingerprint density at radius 3 is 2.38 bits per heavy atom. The van der Waals surface area contributed by atoms with Crippen LogP contribution in [-0.2, 0) is 4.79 Å². The molecule has 0 aliphatic carbocycles. The predicted molar refractivity (Wildman–Crippen MR) is 116 cm³/mol. The van der Waals surface area contributed by atoms with Gasteiger partial charge in [0, 0.05) is 40.8 Å². The lowest BCUT2D eigenvalue weighted by Crippen LogP contribution is -2.17. The number of hydrogen-bond acceptors (Lipinski definition) is 3. The number of rotatable bonds is 5. The Hall–Kier alpha value is -3.67. The molecule has 3 rings (SSSR count). The lowest BCUT2D eigenvalue weighted by molar-refractivity contribution is -0.114. The van der Waals surface area contributed by atoms with Crippen molar-refractivity contribution >= 4 is 23.7 Å². The highest BCUT2D eigenvalue weighted by Gasteiger charge is 2.10. The zero-order chi connectivity index (χ0) is 21.0. The van der Waals surface area contributed by atoms with Crippen LogP contribution in [0.1, 0.15) is 39.8 Å². The van der Waals surface area contributed by atoms with E-state index in [4.69, 9.17) is 0 Å². The summed E-state index contributed by atoms with van der Waals surface area (Å²) in [5.74, 6) is -0.474. The molecule has 0 aliphatic heterocycles. The predicted octanol–water partition coefficient (Wildman–Crippen LogP) is 4.12. The van der Waals surface area contributed by atoms with Crippen molar-refractivity contribution < 1.29 is 9.59 Å². The lowest BCUT2D eigenvalue weighted by atomic mass is 10.2. The van der Waals surface area contributed by atoms with Crippen LogP contribution >= 0.6 is 0 Å². The number of amides is 2. The third-order valence-corrected chi connectivity index (χ3v) is 4.57. The number of nitrogens with zero attached hydrogens (tertiary/aromatic N) is 2. The van der Waals surface area contributed by atoms with E-state index in [2.05, 4.69) is 45.5 Å². The van der Waals surface area contributed by atoms with Gasteiger partial charge in [0.25, 0.3) is 5.91 Å². The van der Waals surface area contributed by atoms with E-state index in [-0.39, 0.29) is 11.8 Å². The van der Waals surface area contributed by atoms with Crippen LogP contribution in [0.2, 0.25) is 0 Å². The van der Waals surface area contributed by atoms with Gasteiger partial charge in [0.1, 0.15) is 0 Å². The van der Waals surface area contributed by atoms with Crippen LogP contribution in [0.4, 0.5) is 5.69 Å². The van der Waals surface area contributed by atoms with Gasteiger partial charge in [-0.3, -0.25) is 9.59 Å². The second kappa shape index (κ2) is 8.56. The van der Waals surface area contributed by atoms with Crippen LogP contribution < -0.4 is 10.7 Å². The number of hydrogen-bond donors (Lipinski definition) is 2. The fourth-order valence-electron chi connectivity index (χ4n) is 3.22. The molecule has 6 nitrogen and oxygen atoms in total. The topological polar surface area (TPSA) is 75.5 Å². The van der Waals surface area contributed by atoms with E-state index >= 15 is 0 Å². The Labute approximate surface area is 170 Å². The fourth-order valence-corrected chi connectivity index (χ4v) is 3.22. The summed E-state index contributed by atoms with van der Waals surface area (Å²) in [7, 11) is 0. The molecule has 1 aromatic heterocycles. The Morgan fingerprint density at radius 1 is 1.00 bits per heavy atom. The minimum Gasteiger partial charge on any atom is -0.326 e. The van der Waals surface area contributed by atoms with Gasteiger partial charge >= 0.3 is 0 Å². The van der Waals surface area contributed by atoms with E-state index in [1.807, 2.05) is 26.0 Å². The minimum atomic E-state index is -0.317. The third-order valence-electron chi connectivity index (χ3n) is 4.57. The Bertz CT molecular complexity index is 1080. The van der Waals surface area contributed by atoms with Crippen LogP contribution in [0.15, 0.2) is 59.7 Å². The molecular formula is C23H24N4O2. The summed E-state index contributed by atoms with van der Waals surface area (Å²) in [6, 6.07) is 17.0. The molecular weight excluding hydrogens is 364 g/mol. The molecule has 2 N–H and O–H groups in total. The molecule has 0 unspecified atom stereocenters. The molecule has 0 radical (unpaired) electrons. The summed E-state index contributed by atoms with van der Waals surface area (Å²) in [5, 5.41) is 6.77. The van der Waals surface area contributed by atoms with Crippen molar-refractivity contribution in [2.75, 3.05) is 5.32 Å². The molecule has 2 aromatic carbocycles. The number of anilines is 1. The molecule has 0 saturated heterocycles. The number of aryl methyl sites for hydroxylation is 2. The number of benzene rings is 2. The van der Waals surface area contributed by atoms with E-state index < -0.39 is 0 Å². The SMILES string of the molecule is CC(=O)Nc1ccc(C(=O)N/N=C/c2cc(C)n(-c3cccc(C)c3)c2C)cc1. The first kappa shape index (κ1) is 20.1. The quantitative estimate of drug-likeness (QED) is 0.509. The van der Waals surface area contributed by atoms with E-state index in [0.717, 1.165) is 22.6 Å². The van der Waals surface area contributed by atoms with Gasteiger partial charge in [-0.05, 0) is 68.8 Å². The van der Waals surface area contributed by atoms with Gasteiger partial charge in [-0.2, -0.15) is 5.10 Å². The van der Waals surface area contributed by atoms with E-state index in [9.17, 15) is 9.59 Å². The molecule has 0 bridgehead atoms. The molecule has 0 spiro atoms. The van der Waals surface area contributed by atoms with Gasteiger partial charge in [-0.1, -0.05) is 12.1 Å². The average molecular weight is 388 g/mol. The molecule has 29 heavy (non-hydrogen) atoms. The highest BCUT2D eigenvalue weighted by Crippen LogP contribution is 2.20. The summed E-state index contributed by atoms with van der Waals surface area (Å²) in [6.45, 7) is 7.57. The molecule has 0 saturated carbocycles. The summed E-state index contributed by atoms with van der Waals surface area (Å²) < 4.78 is 2.16. The van der Waals surface area contributed by atoms with Gasteiger partial charge in [0.05, 0.1) is 6.21 Å². The van der Waals surface area contributed by atoms with Crippen LogP contribution in [0, 0.1) is 20.8 Å². The molecule has 0 atom stereocenters. The number of nitrogens with one attached hydrogen (secondary N) is 2. The summed E-state index contributed by atoms with van der Waals surface area (Å²) >= 11 is 0. The zero-order valence-electron chi connectivity index (χ0n) is 17.0. The van der Waals surface area contributed by atoms with Crippen LogP contribution in [-0.4, -0.2) is 22.6 Å². The summed E-state index contributed by atoms with van der Waals surface area (Å²) in [4.78, 5) is 23.3. The van der Waals surface area contributed by atoms with Crippen molar-refractivity contribution in [3.63, 3.8) is 0 Å². The van der Waals surface area contributed by atoms with Crippen molar-refractivity contribution in [3.05, 3.63) is 82.7 Å². The van der Waals surface area contributed by atoms with Crippen molar-refractivity contribution in [1.82, 2.24) is 9.99 Å². The maximum Gasteiger partial charge on any atom is 0.271 e. The first-order valence-electron chi connectivity index (χ1n) is 9.32. The first-order valence-corrected chi connectivity index (χ1v) is 9.32. The zero-order valence-corrected chi connectivity index (χ0v) is 17.0. The second-order valence-corrected chi connectivity index (χ2v) is 6.96.